The molecule has 14 heavy (non-hydrogen) atoms. The molecule has 1 aromatic carbocycles. The van der Waals surface area contributed by atoms with E-state index in [1.807, 2.05) is 0 Å². The summed E-state index contributed by atoms with van der Waals surface area (Å²) >= 11 is 0. The van der Waals surface area contributed by atoms with Crippen LogP contribution in [-0.4, -0.2) is 11.1 Å². The summed E-state index contributed by atoms with van der Waals surface area (Å²) in [5.74, 6) is 3.78. The Balaban J connectivity index is 3.18. The summed E-state index contributed by atoms with van der Waals surface area (Å²) in [4.78, 5) is 10.6. The Morgan fingerprint density at radius 2 is 2.14 bits per heavy atom. The SMILES string of the molecule is NNc1cc(C(F)F)ccc1C(=O)O. The number of nitrogens with two attached hydrogens (primary N) is 1. The van der Waals surface area contributed by atoms with Crippen molar-refractivity contribution >= 4 is 11.7 Å². The molecule has 0 radical (unpaired) electrons. The van der Waals surface area contributed by atoms with Gasteiger partial charge in [-0.3, -0.25) is 5.84 Å². The highest BCUT2D eigenvalue weighted by atomic mass is 19.3. The number of hydrazine groups is 1. The normalized spacial score (nSPS) is 10.3. The van der Waals surface area contributed by atoms with E-state index in [4.69, 9.17) is 10.9 Å². The summed E-state index contributed by atoms with van der Waals surface area (Å²) in [6, 6.07) is 3.14. The van der Waals surface area contributed by atoms with Gasteiger partial charge in [-0.2, -0.15) is 0 Å². The Morgan fingerprint density at radius 3 is 2.57 bits per heavy atom. The Labute approximate surface area is 78.3 Å². The molecule has 4 nitrogen and oxygen atoms in total. The topological polar surface area (TPSA) is 75.3 Å². The summed E-state index contributed by atoms with van der Waals surface area (Å²) < 4.78 is 24.4. The average molecular weight is 202 g/mol. The zero-order chi connectivity index (χ0) is 10.7. The van der Waals surface area contributed by atoms with Gasteiger partial charge < -0.3 is 10.5 Å². The van der Waals surface area contributed by atoms with E-state index in [2.05, 4.69) is 5.43 Å². The molecular weight excluding hydrogens is 194 g/mol. The van der Waals surface area contributed by atoms with E-state index in [0.29, 0.717) is 0 Å². The van der Waals surface area contributed by atoms with Crippen LogP contribution >= 0.6 is 0 Å². The van der Waals surface area contributed by atoms with Crippen molar-refractivity contribution in [2.75, 3.05) is 5.43 Å². The maximum absolute atomic E-state index is 12.2. The first-order valence-electron chi connectivity index (χ1n) is 3.68. The van der Waals surface area contributed by atoms with Gasteiger partial charge in [-0.1, -0.05) is 6.07 Å². The summed E-state index contributed by atoms with van der Waals surface area (Å²) in [7, 11) is 0. The van der Waals surface area contributed by atoms with Gasteiger partial charge in [0.2, 0.25) is 0 Å². The number of aromatic carboxylic acids is 1. The van der Waals surface area contributed by atoms with Crippen molar-refractivity contribution in [2.45, 2.75) is 6.43 Å². The second-order valence-electron chi connectivity index (χ2n) is 2.56. The maximum atomic E-state index is 12.2. The first kappa shape index (κ1) is 10.4. The van der Waals surface area contributed by atoms with Crippen LogP contribution in [0.2, 0.25) is 0 Å². The number of halogens is 2. The largest absolute Gasteiger partial charge is 0.478 e. The van der Waals surface area contributed by atoms with Gasteiger partial charge in [-0.05, 0) is 12.1 Å². The number of alkyl halides is 2. The number of nitrogens with one attached hydrogen (secondary N) is 1. The smallest absolute Gasteiger partial charge is 0.337 e. The molecule has 4 N–H and O–H groups in total. The summed E-state index contributed by atoms with van der Waals surface area (Å²) in [5.41, 5.74) is 1.61. The quantitative estimate of drug-likeness (QED) is 0.514. The van der Waals surface area contributed by atoms with Crippen molar-refractivity contribution in [1.82, 2.24) is 0 Å². The minimum absolute atomic E-state index is 0.0321. The second kappa shape index (κ2) is 4.01. The number of carbonyl (C=O) groups is 1. The molecule has 0 bridgehead atoms. The Kier molecular flexibility index (Phi) is 2.98. The van der Waals surface area contributed by atoms with E-state index in [9.17, 15) is 13.6 Å². The molecule has 0 unspecified atom stereocenters. The summed E-state index contributed by atoms with van der Waals surface area (Å²) in [6.07, 6.45) is -2.65. The van der Waals surface area contributed by atoms with Gasteiger partial charge in [-0.15, -0.1) is 0 Å². The zero-order valence-electron chi connectivity index (χ0n) is 7.00. The van der Waals surface area contributed by atoms with Crippen LogP contribution in [0.3, 0.4) is 0 Å². The van der Waals surface area contributed by atoms with E-state index in [-0.39, 0.29) is 16.8 Å². The molecule has 0 fully saturated rings. The van der Waals surface area contributed by atoms with Crippen LogP contribution in [0.25, 0.3) is 0 Å². The van der Waals surface area contributed by atoms with Crippen LogP contribution in [0.1, 0.15) is 22.3 Å². The van der Waals surface area contributed by atoms with Gasteiger partial charge in [-0.25, -0.2) is 13.6 Å². The fourth-order valence-corrected chi connectivity index (χ4v) is 1.00. The lowest BCUT2D eigenvalue weighted by Gasteiger charge is -2.07. The second-order valence-corrected chi connectivity index (χ2v) is 2.56. The number of hydrogen-bond acceptors (Lipinski definition) is 3. The maximum Gasteiger partial charge on any atom is 0.337 e. The number of carboxylic acids is 1. The number of nitrogen functional groups attached to an aromatic ring is 1. The molecule has 0 aromatic heterocycles. The van der Waals surface area contributed by atoms with E-state index in [1.54, 1.807) is 0 Å². The lowest BCUT2D eigenvalue weighted by atomic mass is 10.1. The van der Waals surface area contributed by atoms with Gasteiger partial charge in [0, 0.05) is 5.56 Å². The first-order chi connectivity index (χ1) is 6.56. The van der Waals surface area contributed by atoms with Gasteiger partial charge in [0.15, 0.2) is 0 Å². The molecule has 0 aliphatic rings. The van der Waals surface area contributed by atoms with E-state index in [0.717, 1.165) is 18.2 Å². The molecule has 1 rings (SSSR count). The molecule has 0 saturated heterocycles. The molecule has 0 spiro atoms. The van der Waals surface area contributed by atoms with Gasteiger partial charge >= 0.3 is 5.97 Å². The highest BCUT2D eigenvalue weighted by molar-refractivity contribution is 5.94. The Morgan fingerprint density at radius 1 is 1.50 bits per heavy atom. The number of hydrogen-bond donors (Lipinski definition) is 3. The third kappa shape index (κ3) is 1.97. The Bertz CT molecular complexity index is 355. The third-order valence-electron chi connectivity index (χ3n) is 1.68. The van der Waals surface area contributed by atoms with E-state index < -0.39 is 12.4 Å². The Hall–Kier alpha value is -1.69. The lowest BCUT2D eigenvalue weighted by Crippen LogP contribution is -2.12. The standard InChI is InChI=1S/C8H8F2N2O2/c9-7(10)4-1-2-5(8(13)14)6(3-4)12-11/h1-3,7,12H,11H2,(H,13,14). The molecule has 6 heteroatoms. The number of anilines is 1. The molecule has 0 saturated carbocycles. The molecular formula is C8H8F2N2O2. The zero-order valence-corrected chi connectivity index (χ0v) is 7.00. The monoisotopic (exact) mass is 202 g/mol. The van der Waals surface area contributed by atoms with Crippen molar-refractivity contribution < 1.29 is 18.7 Å². The molecule has 0 amide bonds. The lowest BCUT2D eigenvalue weighted by molar-refractivity contribution is 0.0697. The van der Waals surface area contributed by atoms with Gasteiger partial charge in [0.05, 0.1) is 11.3 Å². The molecule has 0 atom stereocenters. The minimum atomic E-state index is -2.65. The summed E-state index contributed by atoms with van der Waals surface area (Å²) in [5, 5.41) is 8.64. The van der Waals surface area contributed by atoms with Crippen molar-refractivity contribution in [1.29, 1.82) is 0 Å². The third-order valence-corrected chi connectivity index (χ3v) is 1.68. The van der Waals surface area contributed by atoms with E-state index in [1.165, 1.54) is 0 Å². The highest BCUT2D eigenvalue weighted by Gasteiger charge is 2.13. The number of benzene rings is 1. The predicted octanol–water partition coefficient (Wildman–Crippen LogP) is 1.61. The van der Waals surface area contributed by atoms with Crippen molar-refractivity contribution in [3.05, 3.63) is 29.3 Å². The molecule has 0 aliphatic carbocycles. The average Bonchev–Trinajstić information content (AvgIpc) is 2.16. The van der Waals surface area contributed by atoms with Crippen LogP contribution in [0.4, 0.5) is 14.5 Å². The van der Waals surface area contributed by atoms with Crippen molar-refractivity contribution in [2.24, 2.45) is 5.84 Å². The molecule has 0 aliphatic heterocycles. The van der Waals surface area contributed by atoms with Gasteiger partial charge in [0.25, 0.3) is 6.43 Å². The predicted molar refractivity (Wildman–Crippen MR) is 46.2 cm³/mol. The fourth-order valence-electron chi connectivity index (χ4n) is 1.00. The number of rotatable bonds is 3. The molecule has 0 heterocycles. The van der Waals surface area contributed by atoms with E-state index >= 15 is 0 Å². The van der Waals surface area contributed by atoms with Gasteiger partial charge in [0.1, 0.15) is 0 Å². The van der Waals surface area contributed by atoms with Crippen LogP contribution in [0.5, 0.6) is 0 Å². The fraction of sp³-hybridized carbons (Fsp3) is 0.125. The van der Waals surface area contributed by atoms with Crippen LogP contribution in [0.15, 0.2) is 18.2 Å². The van der Waals surface area contributed by atoms with Crippen LogP contribution in [0, 0.1) is 0 Å². The van der Waals surface area contributed by atoms with Crippen molar-refractivity contribution in [3.8, 4) is 0 Å². The summed E-state index contributed by atoms with van der Waals surface area (Å²) in [6.45, 7) is 0. The minimum Gasteiger partial charge on any atom is -0.478 e. The van der Waals surface area contributed by atoms with Crippen LogP contribution in [-0.2, 0) is 0 Å². The highest BCUT2D eigenvalue weighted by Crippen LogP contribution is 2.24. The molecule has 76 valence electrons. The van der Waals surface area contributed by atoms with Crippen LogP contribution < -0.4 is 11.3 Å². The number of carboxylic acid groups (broad SMARTS) is 1. The molecule has 1 aromatic rings. The first-order valence-corrected chi connectivity index (χ1v) is 3.68. The van der Waals surface area contributed by atoms with Crippen molar-refractivity contribution in [3.63, 3.8) is 0 Å².